The highest BCUT2D eigenvalue weighted by molar-refractivity contribution is 7.92. The Labute approximate surface area is 172 Å². The van der Waals surface area contributed by atoms with Gasteiger partial charge >= 0.3 is 0 Å². The lowest BCUT2D eigenvalue weighted by Crippen LogP contribution is -2.44. The third kappa shape index (κ3) is 7.23. The molecule has 3 N–H and O–H groups in total. The quantitative estimate of drug-likeness (QED) is 0.614. The Kier molecular flexibility index (Phi) is 7.39. The molecule has 1 atom stereocenters. The van der Waals surface area contributed by atoms with Gasteiger partial charge in [-0.3, -0.25) is 14.3 Å². The number of aryl methyl sites for hydroxylation is 1. The second-order valence-electron chi connectivity index (χ2n) is 7.41. The van der Waals surface area contributed by atoms with E-state index < -0.39 is 16.1 Å². The molecule has 0 heterocycles. The summed E-state index contributed by atoms with van der Waals surface area (Å²) in [6.07, 6.45) is 1.55. The summed E-state index contributed by atoms with van der Waals surface area (Å²) in [6, 6.07) is 12.8. The number of sulfonamides is 1. The van der Waals surface area contributed by atoms with Crippen molar-refractivity contribution in [1.82, 2.24) is 5.32 Å². The van der Waals surface area contributed by atoms with E-state index in [0.29, 0.717) is 23.4 Å². The van der Waals surface area contributed by atoms with Crippen molar-refractivity contribution in [2.45, 2.75) is 33.2 Å². The molecule has 0 saturated carbocycles. The van der Waals surface area contributed by atoms with Crippen LogP contribution in [0, 0.1) is 12.8 Å². The summed E-state index contributed by atoms with van der Waals surface area (Å²) in [7, 11) is -3.37. The third-order valence-corrected chi connectivity index (χ3v) is 4.78. The summed E-state index contributed by atoms with van der Waals surface area (Å²) >= 11 is 0. The molecule has 0 aliphatic carbocycles. The highest BCUT2D eigenvalue weighted by Gasteiger charge is 2.23. The minimum absolute atomic E-state index is 0.198. The Hall–Kier alpha value is -2.87. The smallest absolute Gasteiger partial charge is 0.252 e. The van der Waals surface area contributed by atoms with Crippen molar-refractivity contribution in [3.63, 3.8) is 0 Å². The SMILES string of the molecule is Cc1ccccc1C(=O)NC(CC(C)C)C(=O)Nc1ccc(NS(C)(=O)=O)cc1. The first-order chi connectivity index (χ1) is 13.5. The van der Waals surface area contributed by atoms with Gasteiger partial charge in [-0.25, -0.2) is 8.42 Å². The fourth-order valence-corrected chi connectivity index (χ4v) is 3.40. The van der Waals surface area contributed by atoms with Crippen molar-refractivity contribution < 1.29 is 18.0 Å². The van der Waals surface area contributed by atoms with E-state index in [0.717, 1.165) is 11.8 Å². The summed E-state index contributed by atoms with van der Waals surface area (Å²) in [5.41, 5.74) is 2.28. The summed E-state index contributed by atoms with van der Waals surface area (Å²) in [4.78, 5) is 25.4. The van der Waals surface area contributed by atoms with E-state index >= 15 is 0 Å². The molecule has 1 unspecified atom stereocenters. The number of carbonyl (C=O) groups excluding carboxylic acids is 2. The Morgan fingerprint density at radius 2 is 1.55 bits per heavy atom. The van der Waals surface area contributed by atoms with Crippen molar-refractivity contribution in [3.05, 3.63) is 59.7 Å². The van der Waals surface area contributed by atoms with Gasteiger partial charge < -0.3 is 10.6 Å². The molecule has 2 rings (SSSR count). The van der Waals surface area contributed by atoms with E-state index in [2.05, 4.69) is 15.4 Å². The molecule has 0 aromatic heterocycles. The zero-order valence-electron chi connectivity index (χ0n) is 17.0. The number of hydrogen-bond donors (Lipinski definition) is 3. The largest absolute Gasteiger partial charge is 0.340 e. The summed E-state index contributed by atoms with van der Waals surface area (Å²) < 4.78 is 24.9. The average Bonchev–Trinajstić information content (AvgIpc) is 2.61. The van der Waals surface area contributed by atoms with Crippen molar-refractivity contribution in [2.75, 3.05) is 16.3 Å². The minimum atomic E-state index is -3.37. The van der Waals surface area contributed by atoms with Crippen molar-refractivity contribution >= 4 is 33.2 Å². The van der Waals surface area contributed by atoms with Crippen LogP contribution < -0.4 is 15.4 Å². The molecule has 29 heavy (non-hydrogen) atoms. The molecule has 0 aliphatic rings. The number of nitrogens with one attached hydrogen (secondary N) is 3. The fourth-order valence-electron chi connectivity index (χ4n) is 2.83. The zero-order valence-corrected chi connectivity index (χ0v) is 17.8. The monoisotopic (exact) mass is 417 g/mol. The Bertz CT molecular complexity index is 970. The van der Waals surface area contributed by atoms with Gasteiger partial charge in [0.15, 0.2) is 0 Å². The first kappa shape index (κ1) is 22.4. The van der Waals surface area contributed by atoms with Crippen LogP contribution in [0.25, 0.3) is 0 Å². The van der Waals surface area contributed by atoms with Crippen molar-refractivity contribution in [2.24, 2.45) is 5.92 Å². The van der Waals surface area contributed by atoms with Crippen molar-refractivity contribution in [1.29, 1.82) is 0 Å². The van der Waals surface area contributed by atoms with Gasteiger partial charge in [0.1, 0.15) is 6.04 Å². The number of amides is 2. The molecular formula is C21H27N3O4S. The number of carbonyl (C=O) groups is 2. The fraction of sp³-hybridized carbons (Fsp3) is 0.333. The van der Waals surface area contributed by atoms with Crippen LogP contribution in [0.4, 0.5) is 11.4 Å². The number of rotatable bonds is 8. The molecule has 8 heteroatoms. The molecular weight excluding hydrogens is 390 g/mol. The molecule has 7 nitrogen and oxygen atoms in total. The second-order valence-corrected chi connectivity index (χ2v) is 9.16. The van der Waals surface area contributed by atoms with Crippen LogP contribution >= 0.6 is 0 Å². The van der Waals surface area contributed by atoms with Gasteiger partial charge in [0, 0.05) is 16.9 Å². The molecule has 2 aromatic rings. The van der Waals surface area contributed by atoms with Crippen LogP contribution in [0.1, 0.15) is 36.2 Å². The normalized spacial score (nSPS) is 12.3. The lowest BCUT2D eigenvalue weighted by molar-refractivity contribution is -0.118. The zero-order chi connectivity index (χ0) is 21.6. The predicted octanol–water partition coefficient (Wildman–Crippen LogP) is 3.15. The van der Waals surface area contributed by atoms with Gasteiger partial charge in [-0.15, -0.1) is 0 Å². The maximum Gasteiger partial charge on any atom is 0.252 e. The van der Waals surface area contributed by atoms with Crippen LogP contribution in [-0.4, -0.2) is 32.5 Å². The minimum Gasteiger partial charge on any atom is -0.340 e. The topological polar surface area (TPSA) is 104 Å². The molecule has 0 radical (unpaired) electrons. The van der Waals surface area contributed by atoms with Crippen LogP contribution in [-0.2, 0) is 14.8 Å². The van der Waals surface area contributed by atoms with E-state index in [1.807, 2.05) is 32.9 Å². The molecule has 0 aliphatic heterocycles. The van der Waals surface area contributed by atoms with Gasteiger partial charge in [0.25, 0.3) is 5.91 Å². The molecule has 156 valence electrons. The van der Waals surface area contributed by atoms with Crippen molar-refractivity contribution in [3.8, 4) is 0 Å². The number of hydrogen-bond acceptors (Lipinski definition) is 4. The van der Waals surface area contributed by atoms with E-state index in [4.69, 9.17) is 0 Å². The highest BCUT2D eigenvalue weighted by Crippen LogP contribution is 2.16. The van der Waals surface area contributed by atoms with Crippen LogP contribution in [0.5, 0.6) is 0 Å². The maximum absolute atomic E-state index is 12.8. The van der Waals surface area contributed by atoms with Crippen LogP contribution in [0.15, 0.2) is 48.5 Å². The lowest BCUT2D eigenvalue weighted by atomic mass is 10.0. The standard InChI is InChI=1S/C21H27N3O4S/c1-14(2)13-19(23-20(25)18-8-6-5-7-15(18)3)21(26)22-16-9-11-17(12-10-16)24-29(4,27)28/h5-12,14,19,24H,13H2,1-4H3,(H,22,26)(H,23,25). The lowest BCUT2D eigenvalue weighted by Gasteiger charge is -2.21. The van der Waals surface area contributed by atoms with Gasteiger partial charge in [-0.1, -0.05) is 32.0 Å². The van der Waals surface area contributed by atoms with E-state index in [9.17, 15) is 18.0 Å². The second kappa shape index (κ2) is 9.56. The van der Waals surface area contributed by atoms with E-state index in [-0.39, 0.29) is 17.7 Å². The van der Waals surface area contributed by atoms with E-state index in [1.54, 1.807) is 36.4 Å². The van der Waals surface area contributed by atoms with Gasteiger partial charge in [-0.05, 0) is 55.2 Å². The Balaban J connectivity index is 2.10. The molecule has 0 fully saturated rings. The Morgan fingerprint density at radius 3 is 2.10 bits per heavy atom. The first-order valence-electron chi connectivity index (χ1n) is 9.30. The number of benzene rings is 2. The third-order valence-electron chi connectivity index (χ3n) is 4.17. The summed E-state index contributed by atoms with van der Waals surface area (Å²) in [5, 5.41) is 5.60. The first-order valence-corrected chi connectivity index (χ1v) is 11.2. The van der Waals surface area contributed by atoms with E-state index in [1.165, 1.54) is 0 Å². The summed E-state index contributed by atoms with van der Waals surface area (Å²) in [5.74, 6) is -0.426. The highest BCUT2D eigenvalue weighted by atomic mass is 32.2. The van der Waals surface area contributed by atoms with Crippen LogP contribution in [0.2, 0.25) is 0 Å². The molecule has 2 aromatic carbocycles. The molecule has 0 saturated heterocycles. The predicted molar refractivity (Wildman–Crippen MR) is 115 cm³/mol. The molecule has 0 bridgehead atoms. The number of anilines is 2. The average molecular weight is 418 g/mol. The van der Waals surface area contributed by atoms with Gasteiger partial charge in [-0.2, -0.15) is 0 Å². The van der Waals surface area contributed by atoms with Gasteiger partial charge in [0.2, 0.25) is 15.9 Å². The van der Waals surface area contributed by atoms with Gasteiger partial charge in [0.05, 0.1) is 6.26 Å². The molecule has 0 spiro atoms. The van der Waals surface area contributed by atoms with Crippen LogP contribution in [0.3, 0.4) is 0 Å². The summed E-state index contributed by atoms with van der Waals surface area (Å²) in [6.45, 7) is 5.80. The maximum atomic E-state index is 12.8. The molecule has 2 amide bonds. The Morgan fingerprint density at radius 1 is 0.966 bits per heavy atom.